The molecule has 37 heavy (non-hydrogen) atoms. The topological polar surface area (TPSA) is 59.1 Å². The summed E-state index contributed by atoms with van der Waals surface area (Å²) in [7, 11) is -4.69. The molecule has 0 aliphatic rings. The number of halogens is 5. The number of sulfonamides is 1. The van der Waals surface area contributed by atoms with Gasteiger partial charge in [-0.25, -0.2) is 17.2 Å². The van der Waals surface area contributed by atoms with Gasteiger partial charge in [-0.15, -0.1) is 0 Å². The monoisotopic (exact) mass is 532 g/mol. The quantitative estimate of drug-likeness (QED) is 0.291. The lowest BCUT2D eigenvalue weighted by molar-refractivity contribution is -0.137. The third-order valence-electron chi connectivity index (χ3n) is 5.80. The molecule has 4 aromatic rings. The smallest absolute Gasteiger partial charge is 0.259 e. The van der Waals surface area contributed by atoms with E-state index in [1.165, 1.54) is 24.4 Å². The average Bonchev–Trinajstić information content (AvgIpc) is 2.83. The summed E-state index contributed by atoms with van der Waals surface area (Å²) in [5.41, 5.74) is -1.51. The van der Waals surface area contributed by atoms with Crippen LogP contribution in [0.15, 0.2) is 96.0 Å². The van der Waals surface area contributed by atoms with Crippen LogP contribution < -0.4 is 4.72 Å². The summed E-state index contributed by atoms with van der Waals surface area (Å²) >= 11 is 0. The van der Waals surface area contributed by atoms with Crippen molar-refractivity contribution in [2.24, 2.45) is 0 Å². The van der Waals surface area contributed by atoms with E-state index in [-0.39, 0.29) is 17.7 Å². The highest BCUT2D eigenvalue weighted by Crippen LogP contribution is 2.38. The molecule has 10 heteroatoms. The number of alkyl halides is 3. The zero-order chi connectivity index (χ0) is 26.8. The van der Waals surface area contributed by atoms with Crippen LogP contribution in [0.2, 0.25) is 0 Å². The zero-order valence-corrected chi connectivity index (χ0v) is 20.2. The van der Waals surface area contributed by atoms with Crippen molar-refractivity contribution in [1.82, 2.24) is 9.71 Å². The lowest BCUT2D eigenvalue weighted by Gasteiger charge is -2.35. The molecular formula is C27H21F5N2O2S. The number of hydrogen-bond acceptors (Lipinski definition) is 3. The van der Waals surface area contributed by atoms with Crippen LogP contribution in [0.1, 0.15) is 27.9 Å². The summed E-state index contributed by atoms with van der Waals surface area (Å²) < 4.78 is 98.5. The Kier molecular flexibility index (Phi) is 7.16. The van der Waals surface area contributed by atoms with E-state index in [1.807, 2.05) is 0 Å². The summed E-state index contributed by atoms with van der Waals surface area (Å²) in [6, 6.07) is 17.7. The van der Waals surface area contributed by atoms with Crippen molar-refractivity contribution in [3.63, 3.8) is 0 Å². The predicted octanol–water partition coefficient (Wildman–Crippen LogP) is 6.15. The number of nitrogens with zero attached hydrogens (tertiary/aromatic N) is 1. The molecule has 1 atom stereocenters. The maximum absolute atomic E-state index is 13.9. The Morgan fingerprint density at radius 3 is 2.05 bits per heavy atom. The van der Waals surface area contributed by atoms with Gasteiger partial charge in [-0.1, -0.05) is 48.5 Å². The first-order chi connectivity index (χ1) is 17.4. The summed E-state index contributed by atoms with van der Waals surface area (Å²) in [5.74, 6) is -2.25. The number of hydrogen-bond donors (Lipinski definition) is 1. The molecule has 0 aliphatic heterocycles. The zero-order valence-electron chi connectivity index (χ0n) is 19.4. The number of nitrogens with one attached hydrogen (secondary N) is 1. The van der Waals surface area contributed by atoms with Crippen molar-refractivity contribution in [1.29, 1.82) is 0 Å². The number of aryl methyl sites for hydroxylation is 1. The summed E-state index contributed by atoms with van der Waals surface area (Å²) in [5, 5.41) is 0. The van der Waals surface area contributed by atoms with Crippen LogP contribution >= 0.6 is 0 Å². The van der Waals surface area contributed by atoms with Crippen molar-refractivity contribution in [2.75, 3.05) is 0 Å². The highest BCUT2D eigenvalue weighted by atomic mass is 32.2. The Labute approximate surface area is 210 Å². The summed E-state index contributed by atoms with van der Waals surface area (Å²) in [6.07, 6.45) is -3.40. The molecule has 1 N–H and O–H groups in total. The van der Waals surface area contributed by atoms with Crippen molar-refractivity contribution in [2.45, 2.75) is 30.0 Å². The molecule has 0 saturated heterocycles. The molecular weight excluding hydrogens is 511 g/mol. The SMILES string of the molecule is Cc1ccc(C(Cc2ccccc2)(NS(=O)(=O)c2cc(F)cc(F)c2)c2cccc(C(F)(F)F)c2)nc1. The minimum absolute atomic E-state index is 0.0528. The van der Waals surface area contributed by atoms with Crippen LogP contribution in [-0.2, 0) is 28.2 Å². The fourth-order valence-corrected chi connectivity index (χ4v) is 5.45. The van der Waals surface area contributed by atoms with E-state index < -0.39 is 43.8 Å². The Hall–Kier alpha value is -3.63. The third kappa shape index (κ3) is 5.86. The number of benzene rings is 3. The van der Waals surface area contributed by atoms with Crippen molar-refractivity contribution in [3.8, 4) is 0 Å². The molecule has 0 aliphatic carbocycles. The molecule has 1 unspecified atom stereocenters. The summed E-state index contributed by atoms with van der Waals surface area (Å²) in [6.45, 7) is 1.75. The second-order valence-corrected chi connectivity index (χ2v) is 10.3. The van der Waals surface area contributed by atoms with Crippen molar-refractivity contribution in [3.05, 3.63) is 131 Å². The first-order valence-electron chi connectivity index (χ1n) is 11.0. The van der Waals surface area contributed by atoms with Crippen molar-refractivity contribution < 1.29 is 30.4 Å². The van der Waals surface area contributed by atoms with Crippen molar-refractivity contribution >= 4 is 10.0 Å². The summed E-state index contributed by atoms with van der Waals surface area (Å²) in [4.78, 5) is 3.65. The molecule has 0 saturated carbocycles. The Balaban J connectivity index is 2.01. The fraction of sp³-hybridized carbons (Fsp3) is 0.148. The average molecular weight is 533 g/mol. The second-order valence-electron chi connectivity index (χ2n) is 8.58. The van der Waals surface area contributed by atoms with Crippen LogP contribution in [-0.4, -0.2) is 13.4 Å². The van der Waals surface area contributed by atoms with E-state index in [2.05, 4.69) is 9.71 Å². The molecule has 0 bridgehead atoms. The first kappa shape index (κ1) is 26.4. The standard InChI is InChI=1S/C27H21F5N2O2S/c1-18-10-11-25(33-17-18)26(16-19-6-3-2-4-7-19,20-8-5-9-21(12-20)27(30,31)32)34-37(35,36)24-14-22(28)13-23(29)15-24/h2-15,17,34H,16H2,1H3. The molecule has 1 aromatic heterocycles. The first-order valence-corrected chi connectivity index (χ1v) is 12.5. The highest BCUT2D eigenvalue weighted by Gasteiger charge is 2.42. The number of aromatic nitrogens is 1. The Morgan fingerprint density at radius 2 is 1.46 bits per heavy atom. The minimum atomic E-state index is -4.71. The van der Waals surface area contributed by atoms with Gasteiger partial charge in [0.15, 0.2) is 0 Å². The molecule has 3 aromatic carbocycles. The van der Waals surface area contributed by atoms with Gasteiger partial charge >= 0.3 is 6.18 Å². The maximum Gasteiger partial charge on any atom is 0.416 e. The van der Waals surface area contributed by atoms with Gasteiger partial charge in [0.05, 0.1) is 16.2 Å². The van der Waals surface area contributed by atoms with E-state index >= 15 is 0 Å². The van der Waals surface area contributed by atoms with Crippen LogP contribution in [0.3, 0.4) is 0 Å². The molecule has 0 radical (unpaired) electrons. The lowest BCUT2D eigenvalue weighted by Crippen LogP contribution is -2.49. The molecule has 0 amide bonds. The lowest BCUT2D eigenvalue weighted by atomic mass is 9.81. The van der Waals surface area contributed by atoms with E-state index in [0.717, 1.165) is 17.7 Å². The highest BCUT2D eigenvalue weighted by molar-refractivity contribution is 7.89. The molecule has 0 spiro atoms. The van der Waals surface area contributed by atoms with Gasteiger partial charge in [0, 0.05) is 18.7 Å². The maximum atomic E-state index is 13.9. The van der Waals surface area contributed by atoms with Crippen LogP contribution in [0.4, 0.5) is 22.0 Å². The van der Waals surface area contributed by atoms with Gasteiger partial charge in [0.25, 0.3) is 0 Å². The molecule has 192 valence electrons. The minimum Gasteiger partial charge on any atom is -0.259 e. The molecule has 1 heterocycles. The second kappa shape index (κ2) is 10.0. The number of rotatable bonds is 7. The molecule has 4 nitrogen and oxygen atoms in total. The van der Waals surface area contributed by atoms with Crippen LogP contribution in [0.5, 0.6) is 0 Å². The largest absolute Gasteiger partial charge is 0.416 e. The van der Waals surface area contributed by atoms with Crippen LogP contribution in [0, 0.1) is 18.6 Å². The molecule has 0 fully saturated rings. The Morgan fingerprint density at radius 1 is 0.811 bits per heavy atom. The van der Waals surface area contributed by atoms with Crippen LogP contribution in [0.25, 0.3) is 0 Å². The van der Waals surface area contributed by atoms with Gasteiger partial charge < -0.3 is 0 Å². The van der Waals surface area contributed by atoms with E-state index in [1.54, 1.807) is 43.3 Å². The molecule has 4 rings (SSSR count). The van der Waals surface area contributed by atoms with E-state index in [4.69, 9.17) is 0 Å². The third-order valence-corrected chi connectivity index (χ3v) is 7.27. The van der Waals surface area contributed by atoms with Gasteiger partial charge in [0.2, 0.25) is 10.0 Å². The van der Waals surface area contributed by atoms with E-state index in [9.17, 15) is 30.4 Å². The predicted molar refractivity (Wildman–Crippen MR) is 128 cm³/mol. The van der Waals surface area contributed by atoms with Gasteiger partial charge in [-0.2, -0.15) is 17.9 Å². The fourth-order valence-electron chi connectivity index (χ4n) is 4.04. The number of pyridine rings is 1. The Bertz CT molecular complexity index is 1490. The van der Waals surface area contributed by atoms with E-state index in [0.29, 0.717) is 23.8 Å². The van der Waals surface area contributed by atoms with Gasteiger partial charge in [-0.05, 0) is 53.9 Å². The van der Waals surface area contributed by atoms with Gasteiger partial charge in [0.1, 0.15) is 17.2 Å². The normalized spacial score (nSPS) is 13.8. The van der Waals surface area contributed by atoms with Gasteiger partial charge in [-0.3, -0.25) is 4.98 Å².